The third kappa shape index (κ3) is 2.84. The predicted octanol–water partition coefficient (Wildman–Crippen LogP) is 1.79. The van der Waals surface area contributed by atoms with E-state index >= 15 is 0 Å². The molecule has 0 bridgehead atoms. The molecular formula is C11H15BrN2O3S. The maximum absolute atomic E-state index is 12.4. The molecule has 1 fully saturated rings. The minimum absolute atomic E-state index is 0.378. The van der Waals surface area contributed by atoms with Crippen LogP contribution in [0.5, 0.6) is 0 Å². The van der Waals surface area contributed by atoms with Crippen molar-refractivity contribution in [3.8, 4) is 0 Å². The molecule has 2 heterocycles. The van der Waals surface area contributed by atoms with Gasteiger partial charge in [-0.15, -0.1) is 0 Å². The molecule has 0 unspecified atom stereocenters. The number of hydrogen-bond donors (Lipinski definition) is 0. The fourth-order valence-corrected chi connectivity index (χ4v) is 3.81. The summed E-state index contributed by atoms with van der Waals surface area (Å²) in [7, 11) is -1.82. The van der Waals surface area contributed by atoms with Crippen molar-refractivity contribution in [2.75, 3.05) is 24.6 Å². The summed E-state index contributed by atoms with van der Waals surface area (Å²) in [6, 6.07) is 3.45. The zero-order valence-electron chi connectivity index (χ0n) is 10.0. The molecule has 0 atom stereocenters. The number of anilines is 1. The monoisotopic (exact) mass is 334 g/mol. The van der Waals surface area contributed by atoms with Crippen molar-refractivity contribution >= 4 is 31.8 Å². The largest absolute Gasteiger partial charge is 0.381 e. The average molecular weight is 335 g/mol. The lowest BCUT2D eigenvalue weighted by Crippen LogP contribution is -2.39. The van der Waals surface area contributed by atoms with Crippen LogP contribution in [0.25, 0.3) is 0 Å². The molecule has 18 heavy (non-hydrogen) atoms. The van der Waals surface area contributed by atoms with E-state index in [1.54, 1.807) is 25.4 Å². The number of pyridine rings is 1. The van der Waals surface area contributed by atoms with Crippen LogP contribution in [0.3, 0.4) is 0 Å². The fourth-order valence-electron chi connectivity index (χ4n) is 1.89. The van der Waals surface area contributed by atoms with Gasteiger partial charge in [-0.25, -0.2) is 13.4 Å². The van der Waals surface area contributed by atoms with Crippen LogP contribution in [0, 0.1) is 0 Å². The van der Waals surface area contributed by atoms with Gasteiger partial charge >= 0.3 is 0 Å². The van der Waals surface area contributed by atoms with E-state index in [2.05, 4.69) is 20.9 Å². The summed E-state index contributed by atoms with van der Waals surface area (Å²) < 4.78 is 32.1. The number of nitrogens with zero attached hydrogens (tertiary/aromatic N) is 2. The van der Waals surface area contributed by atoms with Crippen LogP contribution in [0.2, 0.25) is 0 Å². The van der Waals surface area contributed by atoms with Crippen molar-refractivity contribution in [1.29, 1.82) is 0 Å². The Bertz CT molecular complexity index is 515. The van der Waals surface area contributed by atoms with Gasteiger partial charge in [-0.2, -0.15) is 0 Å². The Hall–Kier alpha value is -0.660. The molecule has 7 heteroatoms. The molecule has 1 aromatic rings. The third-order valence-electron chi connectivity index (χ3n) is 3.00. The molecule has 0 saturated carbocycles. The summed E-state index contributed by atoms with van der Waals surface area (Å²) in [6.07, 6.45) is 2.66. The van der Waals surface area contributed by atoms with Gasteiger partial charge in [0.25, 0.3) is 0 Å². The average Bonchev–Trinajstić information content (AvgIpc) is 2.39. The molecule has 1 aliphatic heterocycles. The van der Waals surface area contributed by atoms with Gasteiger partial charge in [0.1, 0.15) is 5.82 Å². The first kappa shape index (κ1) is 13.8. The summed E-state index contributed by atoms with van der Waals surface area (Å²) >= 11 is 3.31. The van der Waals surface area contributed by atoms with Crippen LogP contribution in [-0.2, 0) is 14.8 Å². The van der Waals surface area contributed by atoms with Gasteiger partial charge in [-0.3, -0.25) is 4.31 Å². The van der Waals surface area contributed by atoms with E-state index in [0.717, 1.165) is 4.47 Å². The number of halogens is 1. The van der Waals surface area contributed by atoms with Gasteiger partial charge in [0, 0.05) is 30.9 Å². The van der Waals surface area contributed by atoms with Crippen LogP contribution in [-0.4, -0.2) is 38.9 Å². The van der Waals surface area contributed by atoms with E-state index < -0.39 is 10.0 Å². The van der Waals surface area contributed by atoms with Crippen LogP contribution < -0.4 is 4.31 Å². The first-order chi connectivity index (χ1) is 8.51. The minimum Gasteiger partial charge on any atom is -0.381 e. The summed E-state index contributed by atoms with van der Waals surface area (Å²) in [6.45, 7) is 1.01. The minimum atomic E-state index is -3.36. The van der Waals surface area contributed by atoms with Crippen molar-refractivity contribution in [3.63, 3.8) is 0 Å². The topological polar surface area (TPSA) is 59.5 Å². The van der Waals surface area contributed by atoms with E-state index in [1.165, 1.54) is 4.31 Å². The van der Waals surface area contributed by atoms with E-state index in [4.69, 9.17) is 4.74 Å². The molecule has 100 valence electrons. The molecule has 0 N–H and O–H groups in total. The SMILES string of the molecule is CN(c1cc(Br)ccn1)S(=O)(=O)C1CCOCC1. The summed E-state index contributed by atoms with van der Waals surface area (Å²) in [4.78, 5) is 4.09. The number of aromatic nitrogens is 1. The second-order valence-electron chi connectivity index (χ2n) is 4.16. The number of ether oxygens (including phenoxy) is 1. The van der Waals surface area contributed by atoms with Crippen molar-refractivity contribution in [2.24, 2.45) is 0 Å². The van der Waals surface area contributed by atoms with Gasteiger partial charge in [-0.1, -0.05) is 15.9 Å². The molecule has 0 aliphatic carbocycles. The van der Waals surface area contributed by atoms with Crippen molar-refractivity contribution in [1.82, 2.24) is 4.98 Å². The van der Waals surface area contributed by atoms with E-state index in [0.29, 0.717) is 31.9 Å². The molecule has 2 rings (SSSR count). The molecule has 0 radical (unpaired) electrons. The van der Waals surface area contributed by atoms with Gasteiger partial charge in [0.05, 0.1) is 5.25 Å². The number of sulfonamides is 1. The van der Waals surface area contributed by atoms with E-state index in [-0.39, 0.29) is 5.25 Å². The highest BCUT2D eigenvalue weighted by atomic mass is 79.9. The van der Waals surface area contributed by atoms with Crippen molar-refractivity contribution < 1.29 is 13.2 Å². The third-order valence-corrected chi connectivity index (χ3v) is 5.76. The van der Waals surface area contributed by atoms with Crippen molar-refractivity contribution in [2.45, 2.75) is 18.1 Å². The van der Waals surface area contributed by atoms with Gasteiger partial charge < -0.3 is 4.74 Å². The molecule has 0 spiro atoms. The zero-order chi connectivity index (χ0) is 13.2. The molecular weight excluding hydrogens is 320 g/mol. The lowest BCUT2D eigenvalue weighted by Gasteiger charge is -2.27. The molecule has 1 saturated heterocycles. The van der Waals surface area contributed by atoms with Crippen LogP contribution in [0.1, 0.15) is 12.8 Å². The quantitative estimate of drug-likeness (QED) is 0.845. The fraction of sp³-hybridized carbons (Fsp3) is 0.545. The Labute approximate surface area is 115 Å². The molecule has 0 aromatic carbocycles. The van der Waals surface area contributed by atoms with Crippen LogP contribution >= 0.6 is 15.9 Å². The standard InChI is InChI=1S/C11H15BrN2O3S/c1-14(11-8-9(12)2-5-13-11)18(15,16)10-3-6-17-7-4-10/h2,5,8,10H,3-4,6-7H2,1H3. The number of hydrogen-bond acceptors (Lipinski definition) is 4. The van der Waals surface area contributed by atoms with E-state index in [9.17, 15) is 8.42 Å². The normalized spacial score (nSPS) is 17.7. The Morgan fingerprint density at radius 1 is 1.44 bits per heavy atom. The first-order valence-corrected chi connectivity index (χ1v) is 7.98. The molecule has 1 aromatic heterocycles. The lowest BCUT2D eigenvalue weighted by molar-refractivity contribution is 0.0983. The summed E-state index contributed by atoms with van der Waals surface area (Å²) in [5, 5.41) is -0.378. The second-order valence-corrected chi connectivity index (χ2v) is 7.32. The van der Waals surface area contributed by atoms with E-state index in [1.807, 2.05) is 0 Å². The highest BCUT2D eigenvalue weighted by molar-refractivity contribution is 9.10. The molecule has 1 aliphatic rings. The Kier molecular flexibility index (Phi) is 4.24. The van der Waals surface area contributed by atoms with Gasteiger partial charge in [-0.05, 0) is 25.0 Å². The van der Waals surface area contributed by atoms with Gasteiger partial charge in [0.2, 0.25) is 10.0 Å². The molecule has 5 nitrogen and oxygen atoms in total. The molecule has 0 amide bonds. The van der Waals surface area contributed by atoms with Crippen LogP contribution in [0.4, 0.5) is 5.82 Å². The summed E-state index contributed by atoms with van der Waals surface area (Å²) in [5.41, 5.74) is 0. The van der Waals surface area contributed by atoms with Gasteiger partial charge in [0.15, 0.2) is 0 Å². The Balaban J connectivity index is 2.23. The first-order valence-electron chi connectivity index (χ1n) is 5.69. The Morgan fingerprint density at radius 3 is 2.72 bits per heavy atom. The highest BCUT2D eigenvalue weighted by Crippen LogP contribution is 2.24. The van der Waals surface area contributed by atoms with Crippen molar-refractivity contribution in [3.05, 3.63) is 22.8 Å². The highest BCUT2D eigenvalue weighted by Gasteiger charge is 2.32. The summed E-state index contributed by atoms with van der Waals surface area (Å²) in [5.74, 6) is 0.427. The maximum atomic E-state index is 12.4. The Morgan fingerprint density at radius 2 is 2.11 bits per heavy atom. The maximum Gasteiger partial charge on any atom is 0.239 e. The zero-order valence-corrected chi connectivity index (χ0v) is 12.4. The van der Waals surface area contributed by atoms with Crippen LogP contribution in [0.15, 0.2) is 22.8 Å². The lowest BCUT2D eigenvalue weighted by atomic mass is 10.2. The predicted molar refractivity (Wildman–Crippen MR) is 73.1 cm³/mol. The number of rotatable bonds is 3. The second kappa shape index (κ2) is 5.54. The smallest absolute Gasteiger partial charge is 0.239 e.